The number of ether oxygens (including phenoxy) is 1. The summed E-state index contributed by atoms with van der Waals surface area (Å²) >= 11 is 5.96. The second-order valence-corrected chi connectivity index (χ2v) is 6.72. The first-order valence-corrected chi connectivity index (χ1v) is 7.73. The summed E-state index contributed by atoms with van der Waals surface area (Å²) in [6, 6.07) is 1.51. The Hall–Kier alpha value is -2.02. The van der Waals surface area contributed by atoms with Crippen LogP contribution in [0.15, 0.2) is 12.3 Å². The van der Waals surface area contributed by atoms with Gasteiger partial charge in [0.1, 0.15) is 10.8 Å². The largest absolute Gasteiger partial charge is 0.444 e. The highest BCUT2D eigenvalue weighted by molar-refractivity contribution is 6.32. The number of nitrogens with zero attached hydrogens (tertiary/aromatic N) is 3. The molecule has 1 fully saturated rings. The van der Waals surface area contributed by atoms with Gasteiger partial charge in [0.25, 0.3) is 5.91 Å². The number of rotatable bonds is 1. The first kappa shape index (κ1) is 17.3. The number of piperazine rings is 1. The quantitative estimate of drug-likeness (QED) is 0.790. The van der Waals surface area contributed by atoms with Gasteiger partial charge in [-0.3, -0.25) is 4.79 Å². The molecule has 1 aromatic heterocycles. The van der Waals surface area contributed by atoms with Gasteiger partial charge in [0.05, 0.1) is 17.4 Å². The molecular formula is C15H21ClN4O3. The van der Waals surface area contributed by atoms with E-state index in [2.05, 4.69) is 4.98 Å². The van der Waals surface area contributed by atoms with Gasteiger partial charge in [-0.1, -0.05) is 11.6 Å². The van der Waals surface area contributed by atoms with Gasteiger partial charge in [-0.25, -0.2) is 9.78 Å². The van der Waals surface area contributed by atoms with Crippen LogP contribution in [0, 0.1) is 0 Å². The summed E-state index contributed by atoms with van der Waals surface area (Å²) in [7, 11) is 0. The van der Waals surface area contributed by atoms with Gasteiger partial charge in [0.2, 0.25) is 0 Å². The smallest absolute Gasteiger partial charge is 0.410 e. The second-order valence-electron chi connectivity index (χ2n) is 6.37. The Balaban J connectivity index is 1.97. The highest BCUT2D eigenvalue weighted by Gasteiger charge is 2.28. The molecule has 0 bridgehead atoms. The topological polar surface area (TPSA) is 88.8 Å². The third-order valence-corrected chi connectivity index (χ3v) is 3.61. The van der Waals surface area contributed by atoms with Gasteiger partial charge in [0, 0.05) is 26.2 Å². The number of carbonyl (C=O) groups excluding carboxylic acids is 2. The van der Waals surface area contributed by atoms with Crippen molar-refractivity contribution in [2.45, 2.75) is 26.4 Å². The van der Waals surface area contributed by atoms with Crippen LogP contribution in [0.25, 0.3) is 0 Å². The summed E-state index contributed by atoms with van der Waals surface area (Å²) in [5.74, 6) is -0.237. The average molecular weight is 341 g/mol. The number of amides is 2. The number of carbonyl (C=O) groups is 2. The first-order valence-electron chi connectivity index (χ1n) is 7.35. The maximum Gasteiger partial charge on any atom is 0.410 e. The van der Waals surface area contributed by atoms with Crippen molar-refractivity contribution < 1.29 is 14.3 Å². The third kappa shape index (κ3) is 4.48. The SMILES string of the molecule is CC(C)(C)OC(=O)N1CCN(C(=O)c2cc(N)cnc2Cl)CC1. The maximum atomic E-state index is 12.5. The predicted molar refractivity (Wildman–Crippen MR) is 87.4 cm³/mol. The van der Waals surface area contributed by atoms with E-state index in [9.17, 15) is 9.59 Å². The highest BCUT2D eigenvalue weighted by Crippen LogP contribution is 2.19. The lowest BCUT2D eigenvalue weighted by atomic mass is 10.2. The Labute approximate surface area is 140 Å². The molecule has 0 spiro atoms. The molecule has 23 heavy (non-hydrogen) atoms. The molecule has 0 aromatic carbocycles. The third-order valence-electron chi connectivity index (χ3n) is 3.31. The minimum absolute atomic E-state index is 0.124. The van der Waals surface area contributed by atoms with Crippen LogP contribution in [0.5, 0.6) is 0 Å². The summed E-state index contributed by atoms with van der Waals surface area (Å²) in [5.41, 5.74) is 5.77. The zero-order valence-corrected chi connectivity index (χ0v) is 14.3. The molecule has 0 radical (unpaired) electrons. The van der Waals surface area contributed by atoms with Crippen molar-refractivity contribution in [3.63, 3.8) is 0 Å². The number of hydrogen-bond acceptors (Lipinski definition) is 5. The summed E-state index contributed by atoms with van der Waals surface area (Å²) < 4.78 is 5.33. The van der Waals surface area contributed by atoms with Gasteiger partial charge >= 0.3 is 6.09 Å². The number of hydrogen-bond donors (Lipinski definition) is 1. The molecule has 1 aromatic rings. The normalized spacial score (nSPS) is 15.5. The summed E-state index contributed by atoms with van der Waals surface area (Å²) in [5, 5.41) is 0.124. The molecular weight excluding hydrogens is 320 g/mol. The zero-order chi connectivity index (χ0) is 17.2. The Morgan fingerprint density at radius 3 is 2.35 bits per heavy atom. The summed E-state index contributed by atoms with van der Waals surface area (Å²) in [6.07, 6.45) is 1.03. The van der Waals surface area contributed by atoms with Crippen LogP contribution in [-0.4, -0.2) is 58.6 Å². The van der Waals surface area contributed by atoms with Gasteiger partial charge < -0.3 is 20.3 Å². The Morgan fingerprint density at radius 2 is 1.78 bits per heavy atom. The van der Waals surface area contributed by atoms with Gasteiger partial charge in [-0.15, -0.1) is 0 Å². The minimum atomic E-state index is -0.537. The van der Waals surface area contributed by atoms with Crippen molar-refractivity contribution in [3.05, 3.63) is 23.0 Å². The van der Waals surface area contributed by atoms with Crippen molar-refractivity contribution in [1.29, 1.82) is 0 Å². The minimum Gasteiger partial charge on any atom is -0.444 e. The van der Waals surface area contributed by atoms with Crippen molar-refractivity contribution in [2.24, 2.45) is 0 Å². The van der Waals surface area contributed by atoms with E-state index >= 15 is 0 Å². The fraction of sp³-hybridized carbons (Fsp3) is 0.533. The number of halogens is 1. The Morgan fingerprint density at radius 1 is 1.22 bits per heavy atom. The molecule has 2 amide bonds. The van der Waals surface area contributed by atoms with Crippen LogP contribution in [0.1, 0.15) is 31.1 Å². The second kappa shape index (κ2) is 6.62. The standard InChI is InChI=1S/C15H21ClN4O3/c1-15(2,3)23-14(22)20-6-4-19(5-7-20)13(21)11-8-10(17)9-18-12(11)16/h8-9H,4-7,17H2,1-3H3. The van der Waals surface area contributed by atoms with Crippen LogP contribution in [0.3, 0.4) is 0 Å². The molecule has 7 nitrogen and oxygen atoms in total. The van der Waals surface area contributed by atoms with E-state index in [0.29, 0.717) is 31.9 Å². The first-order chi connectivity index (χ1) is 10.7. The molecule has 1 saturated heterocycles. The number of aromatic nitrogens is 1. The Bertz CT molecular complexity index is 607. The maximum absolute atomic E-state index is 12.5. The lowest BCUT2D eigenvalue weighted by Gasteiger charge is -2.35. The molecule has 2 heterocycles. The fourth-order valence-electron chi connectivity index (χ4n) is 2.20. The average Bonchev–Trinajstić information content (AvgIpc) is 2.47. The molecule has 1 aliphatic rings. The predicted octanol–water partition coefficient (Wildman–Crippen LogP) is 2.01. The molecule has 126 valence electrons. The lowest BCUT2D eigenvalue weighted by Crippen LogP contribution is -2.51. The molecule has 0 aliphatic carbocycles. The van der Waals surface area contributed by atoms with E-state index in [1.807, 2.05) is 20.8 Å². The lowest BCUT2D eigenvalue weighted by molar-refractivity contribution is 0.0141. The van der Waals surface area contributed by atoms with Crippen molar-refractivity contribution in [2.75, 3.05) is 31.9 Å². The molecule has 2 N–H and O–H groups in total. The van der Waals surface area contributed by atoms with Crippen LogP contribution in [0.2, 0.25) is 5.15 Å². The van der Waals surface area contributed by atoms with Crippen molar-refractivity contribution in [1.82, 2.24) is 14.8 Å². The molecule has 8 heteroatoms. The number of anilines is 1. The summed E-state index contributed by atoms with van der Waals surface area (Å²) in [6.45, 7) is 7.09. The van der Waals surface area contributed by atoms with E-state index in [-0.39, 0.29) is 22.7 Å². The van der Waals surface area contributed by atoms with Crippen molar-refractivity contribution >= 4 is 29.3 Å². The van der Waals surface area contributed by atoms with Gasteiger partial charge in [-0.05, 0) is 26.8 Å². The van der Waals surface area contributed by atoms with Crippen LogP contribution in [0.4, 0.5) is 10.5 Å². The molecule has 0 atom stereocenters. The monoisotopic (exact) mass is 340 g/mol. The van der Waals surface area contributed by atoms with Gasteiger partial charge in [0.15, 0.2) is 0 Å². The van der Waals surface area contributed by atoms with E-state index < -0.39 is 5.60 Å². The number of nitrogens with two attached hydrogens (primary N) is 1. The molecule has 2 rings (SSSR count). The van der Waals surface area contributed by atoms with E-state index in [1.54, 1.807) is 9.80 Å². The van der Waals surface area contributed by atoms with Crippen LogP contribution >= 0.6 is 11.6 Å². The van der Waals surface area contributed by atoms with E-state index in [0.717, 1.165) is 0 Å². The fourth-order valence-corrected chi connectivity index (χ4v) is 2.39. The zero-order valence-electron chi connectivity index (χ0n) is 13.5. The Kier molecular flexibility index (Phi) is 4.99. The van der Waals surface area contributed by atoms with Crippen LogP contribution < -0.4 is 5.73 Å². The van der Waals surface area contributed by atoms with Gasteiger partial charge in [-0.2, -0.15) is 0 Å². The highest BCUT2D eigenvalue weighted by atomic mass is 35.5. The van der Waals surface area contributed by atoms with E-state index in [1.165, 1.54) is 12.3 Å². The van der Waals surface area contributed by atoms with Crippen molar-refractivity contribution in [3.8, 4) is 0 Å². The van der Waals surface area contributed by atoms with E-state index in [4.69, 9.17) is 22.1 Å². The summed E-state index contributed by atoms with van der Waals surface area (Å²) in [4.78, 5) is 31.6. The molecule has 0 saturated carbocycles. The van der Waals surface area contributed by atoms with Crippen LogP contribution in [-0.2, 0) is 4.74 Å². The molecule has 1 aliphatic heterocycles. The number of nitrogen functional groups attached to an aromatic ring is 1. The number of pyridine rings is 1. The molecule has 0 unspecified atom stereocenters.